The minimum Gasteiger partial charge on any atom is -0.354 e. The van der Waals surface area contributed by atoms with Crippen LogP contribution in [0.25, 0.3) is 0 Å². The summed E-state index contributed by atoms with van der Waals surface area (Å²) in [7, 11) is 0. The van der Waals surface area contributed by atoms with Crippen molar-refractivity contribution in [2.45, 2.75) is 39.2 Å². The van der Waals surface area contributed by atoms with Crippen LogP contribution in [0.1, 0.15) is 33.1 Å². The van der Waals surface area contributed by atoms with Gasteiger partial charge in [-0.3, -0.25) is 0 Å². The smallest absolute Gasteiger partial charge is 0.224 e. The number of nitrogens with zero attached hydrogens (tertiary/aromatic N) is 3. The summed E-state index contributed by atoms with van der Waals surface area (Å²) in [6, 6.07) is 0.350. The van der Waals surface area contributed by atoms with E-state index in [1.54, 1.807) is 0 Å². The molecule has 94 valence electrons. The standard InChI is InChI=1S/C12H19FN4/c1-3-14-12-15-8-10(13)11(16-12)17-7-5-4-6-9(17)2/h8-9H,3-7H2,1-2H3,(H,14,15,16). The van der Waals surface area contributed by atoms with E-state index in [0.717, 1.165) is 25.9 Å². The molecule has 2 heterocycles. The average molecular weight is 238 g/mol. The SMILES string of the molecule is CCNc1ncc(F)c(N2CCCCC2C)n1. The minimum absolute atomic E-state index is 0.333. The maximum atomic E-state index is 13.8. The van der Waals surface area contributed by atoms with Gasteiger partial charge in [0.15, 0.2) is 11.6 Å². The predicted octanol–water partition coefficient (Wildman–Crippen LogP) is 2.43. The summed E-state index contributed by atoms with van der Waals surface area (Å²) in [5.41, 5.74) is 0. The lowest BCUT2D eigenvalue weighted by Crippen LogP contribution is -2.38. The van der Waals surface area contributed by atoms with Gasteiger partial charge in [0.2, 0.25) is 5.95 Å². The van der Waals surface area contributed by atoms with Crippen LogP contribution in [0, 0.1) is 5.82 Å². The highest BCUT2D eigenvalue weighted by Gasteiger charge is 2.23. The molecule has 5 heteroatoms. The molecular formula is C12H19FN4. The van der Waals surface area contributed by atoms with Gasteiger partial charge in [0, 0.05) is 19.1 Å². The Bertz CT molecular complexity index is 383. The molecule has 1 aromatic heterocycles. The molecule has 2 rings (SSSR count). The number of aromatic nitrogens is 2. The summed E-state index contributed by atoms with van der Waals surface area (Å²) in [4.78, 5) is 10.2. The summed E-state index contributed by atoms with van der Waals surface area (Å²) in [5, 5.41) is 3.01. The molecule has 0 saturated carbocycles. The molecule has 1 aliphatic rings. The largest absolute Gasteiger partial charge is 0.354 e. The zero-order valence-electron chi connectivity index (χ0n) is 10.4. The van der Waals surface area contributed by atoms with Crippen LogP contribution in [-0.2, 0) is 0 Å². The third-order valence-corrected chi connectivity index (χ3v) is 3.14. The lowest BCUT2D eigenvalue weighted by Gasteiger charge is -2.34. The Morgan fingerprint density at radius 3 is 3.06 bits per heavy atom. The van der Waals surface area contributed by atoms with Crippen LogP contribution in [0.3, 0.4) is 0 Å². The van der Waals surface area contributed by atoms with Gasteiger partial charge >= 0.3 is 0 Å². The normalized spacial score (nSPS) is 20.4. The van der Waals surface area contributed by atoms with Crippen molar-refractivity contribution >= 4 is 11.8 Å². The second kappa shape index (κ2) is 5.29. The van der Waals surface area contributed by atoms with Crippen LogP contribution in [0.2, 0.25) is 0 Å². The van der Waals surface area contributed by atoms with Gasteiger partial charge < -0.3 is 10.2 Å². The van der Waals surface area contributed by atoms with Crippen molar-refractivity contribution < 1.29 is 4.39 Å². The first-order chi connectivity index (χ1) is 8.22. The highest BCUT2D eigenvalue weighted by atomic mass is 19.1. The van der Waals surface area contributed by atoms with E-state index in [9.17, 15) is 4.39 Å². The molecule has 1 fully saturated rings. The fourth-order valence-electron chi connectivity index (χ4n) is 2.22. The third-order valence-electron chi connectivity index (χ3n) is 3.14. The molecule has 17 heavy (non-hydrogen) atoms. The molecule has 0 spiro atoms. The maximum absolute atomic E-state index is 13.8. The Kier molecular flexibility index (Phi) is 3.76. The number of anilines is 2. The number of hydrogen-bond donors (Lipinski definition) is 1. The number of nitrogens with one attached hydrogen (secondary N) is 1. The summed E-state index contributed by atoms with van der Waals surface area (Å²) in [6.07, 6.45) is 4.66. The van der Waals surface area contributed by atoms with Crippen molar-refractivity contribution in [2.75, 3.05) is 23.3 Å². The summed E-state index contributed by atoms with van der Waals surface area (Å²) in [6.45, 7) is 5.70. The molecule has 0 aromatic carbocycles. The second-order valence-corrected chi connectivity index (χ2v) is 4.43. The van der Waals surface area contributed by atoms with Gasteiger partial charge in [-0.2, -0.15) is 4.98 Å². The summed E-state index contributed by atoms with van der Waals surface area (Å²) >= 11 is 0. The Hall–Kier alpha value is -1.39. The van der Waals surface area contributed by atoms with E-state index in [-0.39, 0.29) is 5.82 Å². The minimum atomic E-state index is -0.333. The zero-order valence-corrected chi connectivity index (χ0v) is 10.4. The average Bonchev–Trinajstić information content (AvgIpc) is 2.33. The van der Waals surface area contributed by atoms with E-state index in [4.69, 9.17) is 0 Å². The van der Waals surface area contributed by atoms with Crippen LogP contribution in [0.15, 0.2) is 6.20 Å². The Labute approximate surface area is 101 Å². The predicted molar refractivity (Wildman–Crippen MR) is 66.8 cm³/mol. The van der Waals surface area contributed by atoms with Gasteiger partial charge in [0.25, 0.3) is 0 Å². The molecule has 1 N–H and O–H groups in total. The first kappa shape index (κ1) is 12.1. The van der Waals surface area contributed by atoms with Gasteiger partial charge in [0.1, 0.15) is 0 Å². The molecule has 0 aliphatic carbocycles. The number of rotatable bonds is 3. The lowest BCUT2D eigenvalue weighted by atomic mass is 10.0. The topological polar surface area (TPSA) is 41.1 Å². The van der Waals surface area contributed by atoms with Crippen LogP contribution >= 0.6 is 0 Å². The quantitative estimate of drug-likeness (QED) is 0.878. The van der Waals surface area contributed by atoms with Gasteiger partial charge in [-0.15, -0.1) is 0 Å². The maximum Gasteiger partial charge on any atom is 0.224 e. The molecule has 1 aromatic rings. The van der Waals surface area contributed by atoms with E-state index in [2.05, 4.69) is 22.2 Å². The Morgan fingerprint density at radius 2 is 2.35 bits per heavy atom. The number of piperidine rings is 1. The fourth-order valence-corrected chi connectivity index (χ4v) is 2.22. The van der Waals surface area contributed by atoms with Crippen molar-refractivity contribution in [3.05, 3.63) is 12.0 Å². The highest BCUT2D eigenvalue weighted by Crippen LogP contribution is 2.25. The van der Waals surface area contributed by atoms with Crippen LogP contribution in [0.4, 0.5) is 16.2 Å². The van der Waals surface area contributed by atoms with Crippen LogP contribution < -0.4 is 10.2 Å². The molecule has 4 nitrogen and oxygen atoms in total. The van der Waals surface area contributed by atoms with Crippen molar-refractivity contribution in [1.29, 1.82) is 0 Å². The second-order valence-electron chi connectivity index (χ2n) is 4.43. The molecule has 1 aliphatic heterocycles. The molecule has 0 amide bonds. The van der Waals surface area contributed by atoms with Gasteiger partial charge in [-0.25, -0.2) is 9.37 Å². The zero-order chi connectivity index (χ0) is 12.3. The monoisotopic (exact) mass is 238 g/mol. The molecule has 0 radical (unpaired) electrons. The molecule has 1 unspecified atom stereocenters. The van der Waals surface area contributed by atoms with Gasteiger partial charge in [0.05, 0.1) is 6.20 Å². The Morgan fingerprint density at radius 1 is 1.53 bits per heavy atom. The number of hydrogen-bond acceptors (Lipinski definition) is 4. The van der Waals surface area contributed by atoms with E-state index in [1.807, 2.05) is 11.8 Å². The van der Waals surface area contributed by atoms with E-state index >= 15 is 0 Å². The van der Waals surface area contributed by atoms with Crippen LogP contribution in [-0.4, -0.2) is 29.1 Å². The molecule has 1 saturated heterocycles. The van der Waals surface area contributed by atoms with Crippen molar-refractivity contribution in [3.8, 4) is 0 Å². The first-order valence-corrected chi connectivity index (χ1v) is 6.25. The Balaban J connectivity index is 2.25. The molecule has 0 bridgehead atoms. The first-order valence-electron chi connectivity index (χ1n) is 6.25. The van der Waals surface area contributed by atoms with Gasteiger partial charge in [-0.1, -0.05) is 0 Å². The van der Waals surface area contributed by atoms with Crippen molar-refractivity contribution in [1.82, 2.24) is 9.97 Å². The third kappa shape index (κ3) is 2.65. The highest BCUT2D eigenvalue weighted by molar-refractivity contribution is 5.45. The summed E-state index contributed by atoms with van der Waals surface area (Å²) < 4.78 is 13.8. The fraction of sp³-hybridized carbons (Fsp3) is 0.667. The van der Waals surface area contributed by atoms with Crippen molar-refractivity contribution in [2.24, 2.45) is 0 Å². The van der Waals surface area contributed by atoms with E-state index < -0.39 is 0 Å². The molecule has 1 atom stereocenters. The molecular weight excluding hydrogens is 219 g/mol. The van der Waals surface area contributed by atoms with Gasteiger partial charge in [-0.05, 0) is 33.1 Å². The van der Waals surface area contributed by atoms with Crippen molar-refractivity contribution in [3.63, 3.8) is 0 Å². The van der Waals surface area contributed by atoms with E-state index in [0.29, 0.717) is 17.8 Å². The summed E-state index contributed by atoms with van der Waals surface area (Å²) in [5.74, 6) is 0.602. The lowest BCUT2D eigenvalue weighted by molar-refractivity contribution is 0.470. The van der Waals surface area contributed by atoms with E-state index in [1.165, 1.54) is 12.6 Å². The number of halogens is 1. The van der Waals surface area contributed by atoms with Crippen LogP contribution in [0.5, 0.6) is 0 Å².